The van der Waals surface area contributed by atoms with Crippen LogP contribution in [0.3, 0.4) is 0 Å². The van der Waals surface area contributed by atoms with Gasteiger partial charge in [-0.25, -0.2) is 0 Å². The fourth-order valence-electron chi connectivity index (χ4n) is 3.15. The summed E-state index contributed by atoms with van der Waals surface area (Å²) in [7, 11) is 0. The molecule has 0 radical (unpaired) electrons. The Kier molecular flexibility index (Phi) is 4.68. The zero-order valence-corrected chi connectivity index (χ0v) is 10.4. The van der Waals surface area contributed by atoms with Gasteiger partial charge in [0.25, 0.3) is 0 Å². The molecule has 92 valence electrons. The van der Waals surface area contributed by atoms with Crippen molar-refractivity contribution in [1.82, 2.24) is 4.90 Å². The Balaban J connectivity index is 1.86. The van der Waals surface area contributed by atoms with Crippen molar-refractivity contribution in [3.8, 4) is 0 Å². The number of carbonyl (C=O) groups is 1. The second kappa shape index (κ2) is 6.27. The average Bonchev–Trinajstić information content (AvgIpc) is 2.72. The van der Waals surface area contributed by atoms with E-state index in [1.165, 1.54) is 57.8 Å². The van der Waals surface area contributed by atoms with Gasteiger partial charge in [-0.05, 0) is 19.3 Å². The highest BCUT2D eigenvalue weighted by Gasteiger charge is 2.27. The summed E-state index contributed by atoms with van der Waals surface area (Å²) in [6.45, 7) is 1.03. The topological polar surface area (TPSA) is 20.3 Å². The first-order chi connectivity index (χ1) is 7.88. The lowest BCUT2D eigenvalue weighted by atomic mass is 9.96. The zero-order chi connectivity index (χ0) is 11.2. The van der Waals surface area contributed by atoms with E-state index in [1.807, 2.05) is 0 Å². The standard InChI is InChI=1S/C14H25NO/c16-14-11-8-12-15(14)13-9-6-4-2-1-3-5-7-10-13/h13H,1-12H2. The van der Waals surface area contributed by atoms with Gasteiger partial charge >= 0.3 is 0 Å². The van der Waals surface area contributed by atoms with Crippen LogP contribution in [0.5, 0.6) is 0 Å². The van der Waals surface area contributed by atoms with E-state index in [2.05, 4.69) is 4.90 Å². The summed E-state index contributed by atoms with van der Waals surface area (Å²) < 4.78 is 0. The predicted molar refractivity (Wildman–Crippen MR) is 66.3 cm³/mol. The molecule has 0 aromatic rings. The van der Waals surface area contributed by atoms with Crippen LogP contribution >= 0.6 is 0 Å². The lowest BCUT2D eigenvalue weighted by Crippen LogP contribution is -2.36. The van der Waals surface area contributed by atoms with Gasteiger partial charge in [-0.1, -0.05) is 44.9 Å². The Morgan fingerprint density at radius 1 is 0.812 bits per heavy atom. The number of rotatable bonds is 1. The Morgan fingerprint density at radius 3 is 1.88 bits per heavy atom. The highest BCUT2D eigenvalue weighted by Crippen LogP contribution is 2.24. The van der Waals surface area contributed by atoms with Gasteiger partial charge in [0.2, 0.25) is 5.91 Å². The number of carbonyl (C=O) groups excluding carboxylic acids is 1. The summed E-state index contributed by atoms with van der Waals surface area (Å²) in [5.74, 6) is 0.419. The van der Waals surface area contributed by atoms with Crippen molar-refractivity contribution in [2.45, 2.75) is 76.7 Å². The second-order valence-electron chi connectivity index (χ2n) is 5.40. The third-order valence-electron chi connectivity index (χ3n) is 4.13. The number of hydrogen-bond donors (Lipinski definition) is 0. The van der Waals surface area contributed by atoms with Crippen LogP contribution in [0.25, 0.3) is 0 Å². The van der Waals surface area contributed by atoms with Crippen molar-refractivity contribution in [3.63, 3.8) is 0 Å². The normalized spacial score (nSPS) is 26.0. The molecule has 1 heterocycles. The average molecular weight is 223 g/mol. The summed E-state index contributed by atoms with van der Waals surface area (Å²) in [5, 5.41) is 0. The number of likely N-dealkylation sites (tertiary alicyclic amines) is 1. The van der Waals surface area contributed by atoms with Crippen molar-refractivity contribution in [3.05, 3.63) is 0 Å². The fraction of sp³-hybridized carbons (Fsp3) is 0.929. The molecular formula is C14H25NO. The maximum absolute atomic E-state index is 11.8. The smallest absolute Gasteiger partial charge is 0.222 e. The molecule has 0 N–H and O–H groups in total. The van der Waals surface area contributed by atoms with Gasteiger partial charge in [0.05, 0.1) is 0 Å². The Labute approximate surface area is 99.4 Å². The van der Waals surface area contributed by atoms with E-state index in [1.54, 1.807) is 0 Å². The lowest BCUT2D eigenvalue weighted by molar-refractivity contribution is -0.130. The molecule has 16 heavy (non-hydrogen) atoms. The molecule has 0 spiro atoms. The van der Waals surface area contributed by atoms with E-state index in [-0.39, 0.29) is 0 Å². The van der Waals surface area contributed by atoms with Crippen molar-refractivity contribution < 1.29 is 4.79 Å². The molecule has 1 saturated carbocycles. The van der Waals surface area contributed by atoms with Gasteiger partial charge in [-0.2, -0.15) is 0 Å². The van der Waals surface area contributed by atoms with Crippen molar-refractivity contribution in [2.24, 2.45) is 0 Å². The zero-order valence-electron chi connectivity index (χ0n) is 10.4. The third-order valence-corrected chi connectivity index (χ3v) is 4.13. The molecule has 2 aliphatic rings. The first-order valence-corrected chi connectivity index (χ1v) is 7.17. The van der Waals surface area contributed by atoms with Gasteiger partial charge in [-0.15, -0.1) is 0 Å². The quantitative estimate of drug-likeness (QED) is 0.666. The van der Waals surface area contributed by atoms with Crippen LogP contribution in [0.2, 0.25) is 0 Å². The molecule has 2 fully saturated rings. The summed E-state index contributed by atoms with van der Waals surface area (Å²) in [6.07, 6.45) is 14.0. The van der Waals surface area contributed by atoms with Crippen LogP contribution in [-0.2, 0) is 4.79 Å². The van der Waals surface area contributed by atoms with Crippen LogP contribution in [0.4, 0.5) is 0 Å². The van der Waals surface area contributed by atoms with Crippen molar-refractivity contribution in [1.29, 1.82) is 0 Å². The molecule has 1 aliphatic carbocycles. The minimum atomic E-state index is 0.419. The van der Waals surface area contributed by atoms with E-state index < -0.39 is 0 Å². The van der Waals surface area contributed by atoms with Gasteiger partial charge in [0, 0.05) is 19.0 Å². The molecule has 2 heteroatoms. The van der Waals surface area contributed by atoms with Gasteiger partial charge in [-0.3, -0.25) is 4.79 Å². The van der Waals surface area contributed by atoms with Gasteiger partial charge < -0.3 is 4.90 Å². The Morgan fingerprint density at radius 2 is 1.38 bits per heavy atom. The van der Waals surface area contributed by atoms with Crippen LogP contribution < -0.4 is 0 Å². The molecule has 1 saturated heterocycles. The van der Waals surface area contributed by atoms with Crippen LogP contribution in [-0.4, -0.2) is 23.4 Å². The highest BCUT2D eigenvalue weighted by atomic mass is 16.2. The first kappa shape index (κ1) is 11.9. The molecule has 2 nitrogen and oxygen atoms in total. The number of nitrogens with zero attached hydrogens (tertiary/aromatic N) is 1. The predicted octanol–water partition coefficient (Wildman–Crippen LogP) is 3.50. The van der Waals surface area contributed by atoms with Crippen LogP contribution in [0.1, 0.15) is 70.6 Å². The Bertz CT molecular complexity index is 217. The molecular weight excluding hydrogens is 198 g/mol. The van der Waals surface area contributed by atoms with Gasteiger partial charge in [0.1, 0.15) is 0 Å². The third kappa shape index (κ3) is 3.23. The SMILES string of the molecule is O=C1CCCN1C1CCCCCCCCC1. The molecule has 2 rings (SSSR count). The number of amides is 1. The molecule has 1 amide bonds. The summed E-state index contributed by atoms with van der Waals surface area (Å²) >= 11 is 0. The number of hydrogen-bond acceptors (Lipinski definition) is 1. The maximum Gasteiger partial charge on any atom is 0.222 e. The molecule has 0 atom stereocenters. The monoisotopic (exact) mass is 223 g/mol. The summed E-state index contributed by atoms with van der Waals surface area (Å²) in [6, 6.07) is 0.577. The van der Waals surface area contributed by atoms with Gasteiger partial charge in [0.15, 0.2) is 0 Å². The molecule has 1 aliphatic heterocycles. The Hall–Kier alpha value is -0.530. The van der Waals surface area contributed by atoms with Crippen molar-refractivity contribution in [2.75, 3.05) is 6.54 Å². The van der Waals surface area contributed by atoms with E-state index in [4.69, 9.17) is 0 Å². The van der Waals surface area contributed by atoms with E-state index in [9.17, 15) is 4.79 Å². The minimum Gasteiger partial charge on any atom is -0.340 e. The van der Waals surface area contributed by atoms with Crippen LogP contribution in [0.15, 0.2) is 0 Å². The molecule has 0 bridgehead atoms. The molecule has 0 aromatic heterocycles. The molecule has 0 unspecified atom stereocenters. The van der Waals surface area contributed by atoms with Crippen LogP contribution in [0, 0.1) is 0 Å². The summed E-state index contributed by atoms with van der Waals surface area (Å²) in [4.78, 5) is 13.9. The van der Waals surface area contributed by atoms with E-state index in [0.29, 0.717) is 11.9 Å². The minimum absolute atomic E-state index is 0.419. The van der Waals surface area contributed by atoms with E-state index >= 15 is 0 Å². The van der Waals surface area contributed by atoms with E-state index in [0.717, 1.165) is 19.4 Å². The maximum atomic E-state index is 11.8. The second-order valence-corrected chi connectivity index (χ2v) is 5.40. The largest absolute Gasteiger partial charge is 0.340 e. The first-order valence-electron chi connectivity index (χ1n) is 7.17. The fourth-order valence-corrected chi connectivity index (χ4v) is 3.15. The molecule has 0 aromatic carbocycles. The van der Waals surface area contributed by atoms with Crippen molar-refractivity contribution >= 4 is 5.91 Å². The summed E-state index contributed by atoms with van der Waals surface area (Å²) in [5.41, 5.74) is 0. The lowest BCUT2D eigenvalue weighted by Gasteiger charge is -2.28. The highest BCUT2D eigenvalue weighted by molar-refractivity contribution is 5.78.